The van der Waals surface area contributed by atoms with Crippen molar-refractivity contribution >= 4 is 17.3 Å². The van der Waals surface area contributed by atoms with Crippen LogP contribution in [-0.2, 0) is 0 Å². The van der Waals surface area contributed by atoms with Crippen molar-refractivity contribution in [2.45, 2.75) is 6.92 Å². The minimum absolute atomic E-state index is 0.816. The van der Waals surface area contributed by atoms with Gasteiger partial charge >= 0.3 is 0 Å². The van der Waals surface area contributed by atoms with Gasteiger partial charge in [0, 0.05) is 49.9 Å². The molecule has 3 rings (SSSR count). The molecule has 1 aliphatic rings. The van der Waals surface area contributed by atoms with E-state index in [1.165, 1.54) is 11.3 Å². The number of piperazine rings is 1. The van der Waals surface area contributed by atoms with E-state index in [1.54, 1.807) is 12.4 Å². The Kier molecular flexibility index (Phi) is 3.41. The fourth-order valence-electron chi connectivity index (χ4n) is 2.59. The first-order valence-electron chi connectivity index (χ1n) is 6.86. The SMILES string of the molecule is Cc1cc(N)cc(N2CCN(c3ncccn3)CC2)c1. The lowest BCUT2D eigenvalue weighted by Gasteiger charge is -2.36. The second-order valence-corrected chi connectivity index (χ2v) is 5.12. The van der Waals surface area contributed by atoms with Crippen LogP contribution in [0.2, 0.25) is 0 Å². The average Bonchev–Trinajstić information content (AvgIpc) is 2.47. The third kappa shape index (κ3) is 2.66. The minimum Gasteiger partial charge on any atom is -0.399 e. The van der Waals surface area contributed by atoms with Crippen molar-refractivity contribution in [1.82, 2.24) is 9.97 Å². The van der Waals surface area contributed by atoms with Gasteiger partial charge in [0.05, 0.1) is 0 Å². The Morgan fingerprint density at radius 3 is 2.25 bits per heavy atom. The fraction of sp³-hybridized carbons (Fsp3) is 0.333. The quantitative estimate of drug-likeness (QED) is 0.841. The molecule has 0 spiro atoms. The lowest BCUT2D eigenvalue weighted by atomic mass is 10.1. The van der Waals surface area contributed by atoms with Crippen LogP contribution in [0.15, 0.2) is 36.7 Å². The molecule has 0 radical (unpaired) electrons. The van der Waals surface area contributed by atoms with E-state index < -0.39 is 0 Å². The predicted octanol–water partition coefficient (Wildman–Crippen LogP) is 1.69. The molecule has 1 aromatic carbocycles. The minimum atomic E-state index is 0.816. The highest BCUT2D eigenvalue weighted by molar-refractivity contribution is 5.59. The number of nitrogens with zero attached hydrogens (tertiary/aromatic N) is 4. The molecule has 0 amide bonds. The van der Waals surface area contributed by atoms with Crippen molar-refractivity contribution in [2.75, 3.05) is 41.7 Å². The first-order chi connectivity index (χ1) is 9.72. The number of nitrogen functional groups attached to an aromatic ring is 1. The van der Waals surface area contributed by atoms with Gasteiger partial charge in [0.15, 0.2) is 0 Å². The maximum atomic E-state index is 5.93. The number of aromatic nitrogens is 2. The Morgan fingerprint density at radius 2 is 1.60 bits per heavy atom. The zero-order chi connectivity index (χ0) is 13.9. The molecule has 5 nitrogen and oxygen atoms in total. The zero-order valence-corrected chi connectivity index (χ0v) is 11.7. The molecule has 104 valence electrons. The molecule has 2 N–H and O–H groups in total. The van der Waals surface area contributed by atoms with Crippen LogP contribution < -0.4 is 15.5 Å². The summed E-state index contributed by atoms with van der Waals surface area (Å²) in [6.45, 7) is 5.85. The number of nitrogens with two attached hydrogens (primary N) is 1. The Hall–Kier alpha value is -2.30. The molecule has 5 heteroatoms. The lowest BCUT2D eigenvalue weighted by Crippen LogP contribution is -2.47. The molecular weight excluding hydrogens is 250 g/mol. The van der Waals surface area contributed by atoms with Crippen LogP contribution in [0.1, 0.15) is 5.56 Å². The largest absolute Gasteiger partial charge is 0.399 e. The highest BCUT2D eigenvalue weighted by Gasteiger charge is 2.19. The molecule has 1 saturated heterocycles. The Balaban J connectivity index is 1.69. The second kappa shape index (κ2) is 5.36. The molecule has 0 bridgehead atoms. The van der Waals surface area contributed by atoms with Gasteiger partial charge in [-0.2, -0.15) is 0 Å². The lowest BCUT2D eigenvalue weighted by molar-refractivity contribution is 0.640. The topological polar surface area (TPSA) is 58.3 Å². The summed E-state index contributed by atoms with van der Waals surface area (Å²) in [6.07, 6.45) is 3.58. The maximum Gasteiger partial charge on any atom is 0.225 e. The van der Waals surface area contributed by atoms with Gasteiger partial charge in [0.25, 0.3) is 0 Å². The van der Waals surface area contributed by atoms with Crippen LogP contribution in [0, 0.1) is 6.92 Å². The Morgan fingerprint density at radius 1 is 0.950 bits per heavy atom. The first kappa shape index (κ1) is 12.7. The normalized spacial score (nSPS) is 15.4. The summed E-state index contributed by atoms with van der Waals surface area (Å²) in [5, 5.41) is 0. The van der Waals surface area contributed by atoms with E-state index in [0.29, 0.717) is 0 Å². The zero-order valence-electron chi connectivity index (χ0n) is 11.7. The summed E-state index contributed by atoms with van der Waals surface area (Å²) in [6, 6.07) is 8.07. The first-order valence-corrected chi connectivity index (χ1v) is 6.86. The second-order valence-electron chi connectivity index (χ2n) is 5.12. The summed E-state index contributed by atoms with van der Waals surface area (Å²) in [5.41, 5.74) is 9.16. The van der Waals surface area contributed by atoms with Gasteiger partial charge in [-0.25, -0.2) is 9.97 Å². The van der Waals surface area contributed by atoms with Gasteiger partial charge < -0.3 is 15.5 Å². The average molecular weight is 269 g/mol. The van der Waals surface area contributed by atoms with Gasteiger partial charge in [0.2, 0.25) is 5.95 Å². The fourth-order valence-corrected chi connectivity index (χ4v) is 2.59. The van der Waals surface area contributed by atoms with Crippen LogP contribution in [0.5, 0.6) is 0 Å². The molecular formula is C15H19N5. The van der Waals surface area contributed by atoms with E-state index >= 15 is 0 Å². The van der Waals surface area contributed by atoms with E-state index in [-0.39, 0.29) is 0 Å². The smallest absolute Gasteiger partial charge is 0.225 e. The van der Waals surface area contributed by atoms with Crippen molar-refractivity contribution in [3.63, 3.8) is 0 Å². The van der Waals surface area contributed by atoms with E-state index in [1.807, 2.05) is 18.2 Å². The van der Waals surface area contributed by atoms with Crippen molar-refractivity contribution in [3.8, 4) is 0 Å². The number of benzene rings is 1. The summed E-state index contributed by atoms with van der Waals surface area (Å²) < 4.78 is 0. The molecule has 2 heterocycles. The molecule has 1 fully saturated rings. The van der Waals surface area contributed by atoms with Crippen LogP contribution in [-0.4, -0.2) is 36.1 Å². The number of hydrogen-bond donors (Lipinski definition) is 1. The Labute approximate surface area is 119 Å². The highest BCUT2D eigenvalue weighted by Crippen LogP contribution is 2.22. The molecule has 0 aliphatic carbocycles. The van der Waals surface area contributed by atoms with E-state index in [9.17, 15) is 0 Å². The molecule has 0 atom stereocenters. The monoisotopic (exact) mass is 269 g/mol. The molecule has 20 heavy (non-hydrogen) atoms. The van der Waals surface area contributed by atoms with E-state index in [0.717, 1.165) is 37.8 Å². The van der Waals surface area contributed by atoms with Gasteiger partial charge in [0.1, 0.15) is 0 Å². The molecule has 1 aliphatic heterocycles. The number of hydrogen-bond acceptors (Lipinski definition) is 5. The molecule has 1 aromatic heterocycles. The summed E-state index contributed by atoms with van der Waals surface area (Å²) >= 11 is 0. The van der Waals surface area contributed by atoms with Crippen LogP contribution in [0.4, 0.5) is 17.3 Å². The highest BCUT2D eigenvalue weighted by atomic mass is 15.3. The summed E-state index contributed by atoms with van der Waals surface area (Å²) in [4.78, 5) is 13.2. The van der Waals surface area contributed by atoms with Crippen LogP contribution >= 0.6 is 0 Å². The predicted molar refractivity (Wildman–Crippen MR) is 82.0 cm³/mol. The van der Waals surface area contributed by atoms with E-state index in [4.69, 9.17) is 5.73 Å². The molecule has 0 unspecified atom stereocenters. The number of rotatable bonds is 2. The molecule has 0 saturated carbocycles. The van der Waals surface area contributed by atoms with Crippen molar-refractivity contribution in [1.29, 1.82) is 0 Å². The van der Waals surface area contributed by atoms with Crippen molar-refractivity contribution in [2.24, 2.45) is 0 Å². The summed E-state index contributed by atoms with van der Waals surface area (Å²) in [7, 11) is 0. The molecule has 2 aromatic rings. The van der Waals surface area contributed by atoms with Gasteiger partial charge in [-0.15, -0.1) is 0 Å². The number of anilines is 3. The van der Waals surface area contributed by atoms with Crippen LogP contribution in [0.3, 0.4) is 0 Å². The summed E-state index contributed by atoms with van der Waals surface area (Å²) in [5.74, 6) is 0.816. The van der Waals surface area contributed by atoms with Gasteiger partial charge in [-0.3, -0.25) is 0 Å². The third-order valence-corrected chi connectivity index (χ3v) is 3.56. The Bertz CT molecular complexity index is 556. The third-order valence-electron chi connectivity index (χ3n) is 3.56. The van der Waals surface area contributed by atoms with E-state index in [2.05, 4.69) is 32.8 Å². The maximum absolute atomic E-state index is 5.93. The number of aryl methyl sites for hydroxylation is 1. The van der Waals surface area contributed by atoms with Gasteiger partial charge in [-0.1, -0.05) is 0 Å². The van der Waals surface area contributed by atoms with Crippen molar-refractivity contribution in [3.05, 3.63) is 42.2 Å². The van der Waals surface area contributed by atoms with Crippen molar-refractivity contribution < 1.29 is 0 Å². The standard InChI is InChI=1S/C15H19N5/c1-12-9-13(16)11-14(10-12)19-5-7-20(8-6-19)15-17-3-2-4-18-15/h2-4,9-11H,5-8,16H2,1H3. The van der Waals surface area contributed by atoms with Crippen LogP contribution in [0.25, 0.3) is 0 Å². The van der Waals surface area contributed by atoms with Gasteiger partial charge in [-0.05, 0) is 36.8 Å².